The van der Waals surface area contributed by atoms with Crippen molar-refractivity contribution in [3.05, 3.63) is 18.2 Å². The minimum absolute atomic E-state index is 0.348. The molecular weight excluding hydrogens is 356 g/mol. The summed E-state index contributed by atoms with van der Waals surface area (Å²) < 4.78 is 16.4. The first kappa shape index (κ1) is 22.1. The molecule has 0 spiro atoms. The van der Waals surface area contributed by atoms with Gasteiger partial charge in [0.05, 0.1) is 14.2 Å². The summed E-state index contributed by atoms with van der Waals surface area (Å²) in [5, 5.41) is 6.90. The minimum Gasteiger partial charge on any atom is -0.497 e. The van der Waals surface area contributed by atoms with Crippen LogP contribution >= 0.6 is 0 Å². The van der Waals surface area contributed by atoms with Crippen LogP contribution in [0.4, 0.5) is 5.69 Å². The highest BCUT2D eigenvalue weighted by Gasteiger charge is 2.24. The maximum atomic E-state index is 5.62. The maximum Gasteiger partial charge on any atom is 0.191 e. The van der Waals surface area contributed by atoms with Gasteiger partial charge in [-0.3, -0.25) is 4.99 Å². The Bertz CT molecular complexity index is 599. The van der Waals surface area contributed by atoms with E-state index in [1.165, 1.54) is 0 Å². The van der Waals surface area contributed by atoms with Crippen LogP contribution in [0.15, 0.2) is 23.2 Å². The number of benzene rings is 1. The number of hydrogen-bond acceptors (Lipinski definition) is 5. The van der Waals surface area contributed by atoms with E-state index in [0.29, 0.717) is 12.0 Å². The predicted octanol–water partition coefficient (Wildman–Crippen LogP) is 2.51. The van der Waals surface area contributed by atoms with Gasteiger partial charge in [-0.2, -0.15) is 0 Å². The van der Waals surface area contributed by atoms with Gasteiger partial charge < -0.3 is 29.7 Å². The second-order valence-corrected chi connectivity index (χ2v) is 7.47. The molecule has 158 valence electrons. The summed E-state index contributed by atoms with van der Waals surface area (Å²) >= 11 is 0. The Kier molecular flexibility index (Phi) is 9.20. The summed E-state index contributed by atoms with van der Waals surface area (Å²) in [6.07, 6.45) is 2.02. The van der Waals surface area contributed by atoms with E-state index in [2.05, 4.69) is 46.5 Å². The molecule has 0 bridgehead atoms. The normalized spacial score (nSPS) is 17.1. The van der Waals surface area contributed by atoms with Crippen LogP contribution in [0.3, 0.4) is 0 Å². The van der Waals surface area contributed by atoms with Crippen LogP contribution in [0.1, 0.15) is 26.7 Å². The third kappa shape index (κ3) is 7.11. The average molecular weight is 393 g/mol. The summed E-state index contributed by atoms with van der Waals surface area (Å²) in [4.78, 5) is 6.69. The second-order valence-electron chi connectivity index (χ2n) is 7.47. The largest absolute Gasteiger partial charge is 0.497 e. The molecule has 0 saturated carbocycles. The number of guanidine groups is 1. The molecule has 1 heterocycles. The number of rotatable bonds is 10. The van der Waals surface area contributed by atoms with Crippen LogP contribution in [0.25, 0.3) is 0 Å². The van der Waals surface area contributed by atoms with E-state index in [-0.39, 0.29) is 0 Å². The minimum atomic E-state index is 0.348. The number of anilines is 1. The van der Waals surface area contributed by atoms with Gasteiger partial charge >= 0.3 is 0 Å². The Morgan fingerprint density at radius 2 is 1.93 bits per heavy atom. The van der Waals surface area contributed by atoms with Crippen LogP contribution in [0.2, 0.25) is 0 Å². The summed E-state index contributed by atoms with van der Waals surface area (Å²) in [5.74, 6) is 3.04. The van der Waals surface area contributed by atoms with E-state index in [0.717, 1.165) is 68.8 Å². The average Bonchev–Trinajstić information content (AvgIpc) is 3.17. The maximum absolute atomic E-state index is 5.62. The molecule has 2 rings (SSSR count). The fourth-order valence-corrected chi connectivity index (χ4v) is 3.18. The smallest absolute Gasteiger partial charge is 0.191 e. The van der Waals surface area contributed by atoms with Gasteiger partial charge in [-0.1, -0.05) is 13.8 Å². The van der Waals surface area contributed by atoms with Gasteiger partial charge in [0.15, 0.2) is 5.96 Å². The van der Waals surface area contributed by atoms with E-state index >= 15 is 0 Å². The van der Waals surface area contributed by atoms with Crippen molar-refractivity contribution in [1.82, 2.24) is 10.6 Å². The highest BCUT2D eigenvalue weighted by molar-refractivity contribution is 5.80. The predicted molar refractivity (Wildman–Crippen MR) is 115 cm³/mol. The Morgan fingerprint density at radius 1 is 1.21 bits per heavy atom. The monoisotopic (exact) mass is 392 g/mol. The molecule has 1 aromatic carbocycles. The zero-order valence-corrected chi connectivity index (χ0v) is 18.0. The molecule has 0 aliphatic carbocycles. The van der Waals surface area contributed by atoms with Crippen molar-refractivity contribution < 1.29 is 14.2 Å². The first-order valence-corrected chi connectivity index (χ1v) is 10.1. The standard InChI is InChI=1S/C21H36N4O3/c1-16(2)15-28-10-6-8-23-21(22-3)24-17-7-9-25(14-17)18-11-19(26-4)13-20(12-18)27-5/h11-13,16-17H,6-10,14-15H2,1-5H3,(H2,22,23,24). The van der Waals surface area contributed by atoms with Gasteiger partial charge in [-0.15, -0.1) is 0 Å². The summed E-state index contributed by atoms with van der Waals surface area (Å²) in [6.45, 7) is 8.66. The quantitative estimate of drug-likeness (QED) is 0.362. The summed E-state index contributed by atoms with van der Waals surface area (Å²) in [7, 11) is 5.16. The molecule has 1 atom stereocenters. The zero-order chi connectivity index (χ0) is 20.4. The molecule has 7 heteroatoms. The van der Waals surface area contributed by atoms with Crippen molar-refractivity contribution in [2.24, 2.45) is 10.9 Å². The van der Waals surface area contributed by atoms with E-state index in [1.54, 1.807) is 14.2 Å². The molecule has 1 aromatic rings. The SMILES string of the molecule is CN=C(NCCCOCC(C)C)NC1CCN(c2cc(OC)cc(OC)c2)C1. The third-order valence-electron chi connectivity index (χ3n) is 4.66. The van der Waals surface area contributed by atoms with Crippen LogP contribution in [-0.4, -0.2) is 66.1 Å². The Balaban J connectivity index is 1.78. The number of nitrogens with zero attached hydrogens (tertiary/aromatic N) is 2. The number of hydrogen-bond donors (Lipinski definition) is 2. The number of nitrogens with one attached hydrogen (secondary N) is 2. The van der Waals surface area contributed by atoms with Crippen molar-refractivity contribution in [3.63, 3.8) is 0 Å². The van der Waals surface area contributed by atoms with Crippen molar-refractivity contribution in [2.45, 2.75) is 32.7 Å². The van der Waals surface area contributed by atoms with Crippen molar-refractivity contribution in [3.8, 4) is 11.5 Å². The lowest BCUT2D eigenvalue weighted by Gasteiger charge is -2.21. The summed E-state index contributed by atoms with van der Waals surface area (Å²) in [5.41, 5.74) is 1.12. The molecule has 1 fully saturated rings. The summed E-state index contributed by atoms with van der Waals surface area (Å²) in [6, 6.07) is 6.34. The van der Waals surface area contributed by atoms with Crippen LogP contribution in [0.5, 0.6) is 11.5 Å². The first-order valence-electron chi connectivity index (χ1n) is 10.1. The van der Waals surface area contributed by atoms with Gasteiger partial charge in [0.2, 0.25) is 0 Å². The van der Waals surface area contributed by atoms with Crippen molar-refractivity contribution >= 4 is 11.6 Å². The topological polar surface area (TPSA) is 67.4 Å². The van der Waals surface area contributed by atoms with Gasteiger partial charge in [0, 0.05) is 69.8 Å². The Labute approximate surface area is 169 Å². The third-order valence-corrected chi connectivity index (χ3v) is 4.66. The number of aliphatic imine (C=N–C) groups is 1. The lowest BCUT2D eigenvalue weighted by molar-refractivity contribution is 0.108. The van der Waals surface area contributed by atoms with E-state index < -0.39 is 0 Å². The van der Waals surface area contributed by atoms with Crippen LogP contribution in [-0.2, 0) is 4.74 Å². The molecule has 1 aliphatic rings. The number of ether oxygens (including phenoxy) is 3. The lowest BCUT2D eigenvalue weighted by atomic mass is 10.2. The first-order chi connectivity index (χ1) is 13.5. The number of methoxy groups -OCH3 is 2. The fourth-order valence-electron chi connectivity index (χ4n) is 3.18. The Hall–Kier alpha value is -2.15. The zero-order valence-electron chi connectivity index (χ0n) is 18.0. The van der Waals surface area contributed by atoms with Gasteiger partial charge in [0.1, 0.15) is 11.5 Å². The van der Waals surface area contributed by atoms with Crippen molar-refractivity contribution in [1.29, 1.82) is 0 Å². The lowest BCUT2D eigenvalue weighted by Crippen LogP contribution is -2.45. The highest BCUT2D eigenvalue weighted by atomic mass is 16.5. The van der Waals surface area contributed by atoms with Crippen LogP contribution in [0, 0.1) is 5.92 Å². The molecule has 1 saturated heterocycles. The van der Waals surface area contributed by atoms with E-state index in [4.69, 9.17) is 14.2 Å². The van der Waals surface area contributed by atoms with E-state index in [1.807, 2.05) is 13.1 Å². The molecule has 1 unspecified atom stereocenters. The second kappa shape index (κ2) is 11.6. The van der Waals surface area contributed by atoms with Crippen molar-refractivity contribution in [2.75, 3.05) is 59.0 Å². The van der Waals surface area contributed by atoms with E-state index in [9.17, 15) is 0 Å². The van der Waals surface area contributed by atoms with Crippen LogP contribution < -0.4 is 25.0 Å². The molecular formula is C21H36N4O3. The van der Waals surface area contributed by atoms with Gasteiger partial charge in [-0.25, -0.2) is 0 Å². The molecule has 7 nitrogen and oxygen atoms in total. The molecule has 0 aromatic heterocycles. The molecule has 28 heavy (non-hydrogen) atoms. The highest BCUT2D eigenvalue weighted by Crippen LogP contribution is 2.30. The van der Waals surface area contributed by atoms with Gasteiger partial charge in [0.25, 0.3) is 0 Å². The molecule has 1 aliphatic heterocycles. The van der Waals surface area contributed by atoms with Gasteiger partial charge in [-0.05, 0) is 18.8 Å². The molecule has 0 radical (unpaired) electrons. The molecule has 0 amide bonds. The molecule has 2 N–H and O–H groups in total. The fraction of sp³-hybridized carbons (Fsp3) is 0.667. The Morgan fingerprint density at radius 3 is 2.54 bits per heavy atom.